The summed E-state index contributed by atoms with van der Waals surface area (Å²) < 4.78 is 35.0. The highest BCUT2D eigenvalue weighted by Crippen LogP contribution is 2.41. The summed E-state index contributed by atoms with van der Waals surface area (Å²) in [7, 11) is -0.376. The van der Waals surface area contributed by atoms with E-state index in [4.69, 9.17) is 9.47 Å². The Kier molecular flexibility index (Phi) is 4.32. The number of nitrogens with zero attached hydrogens (tertiary/aromatic N) is 1. The van der Waals surface area contributed by atoms with Crippen molar-refractivity contribution in [2.45, 2.75) is 17.7 Å². The molecule has 2 aliphatic rings. The van der Waals surface area contributed by atoms with Crippen LogP contribution in [0.2, 0.25) is 0 Å². The Morgan fingerprint density at radius 3 is 2.44 bits per heavy atom. The summed E-state index contributed by atoms with van der Waals surface area (Å²) in [6.45, 7) is -0.114. The van der Waals surface area contributed by atoms with Crippen molar-refractivity contribution in [1.29, 1.82) is 0 Å². The Labute approximate surface area is 146 Å². The normalized spacial score (nSPS) is 16.7. The third-order valence-corrected chi connectivity index (χ3v) is 5.10. The highest BCUT2D eigenvalue weighted by atomic mass is 32.2. The van der Waals surface area contributed by atoms with Crippen molar-refractivity contribution in [3.8, 4) is 11.5 Å². The van der Waals surface area contributed by atoms with Gasteiger partial charge in [-0.2, -0.15) is 0 Å². The van der Waals surface area contributed by atoms with Gasteiger partial charge in [-0.25, -0.2) is 8.42 Å². The van der Waals surface area contributed by atoms with E-state index in [0.717, 1.165) is 19.1 Å². The van der Waals surface area contributed by atoms with Crippen LogP contribution >= 0.6 is 0 Å². The Balaban J connectivity index is 2.14. The van der Waals surface area contributed by atoms with Gasteiger partial charge in [0.25, 0.3) is 0 Å². The molecular formula is C17H19NO6S. The molecule has 0 bridgehead atoms. The fraction of sp³-hybridized carbons (Fsp3) is 0.412. The minimum atomic E-state index is -3.77. The molecule has 1 aliphatic heterocycles. The van der Waals surface area contributed by atoms with Gasteiger partial charge < -0.3 is 14.4 Å². The second-order valence-corrected chi connectivity index (χ2v) is 8.37. The van der Waals surface area contributed by atoms with E-state index in [-0.39, 0.29) is 46.0 Å². The molecule has 0 aromatic heterocycles. The lowest BCUT2D eigenvalue weighted by molar-refractivity contribution is -0.116. The molecule has 1 fully saturated rings. The molecule has 25 heavy (non-hydrogen) atoms. The van der Waals surface area contributed by atoms with Crippen LogP contribution in [0, 0.1) is 5.92 Å². The van der Waals surface area contributed by atoms with Gasteiger partial charge >= 0.3 is 0 Å². The third-order valence-electron chi connectivity index (χ3n) is 3.95. The fourth-order valence-corrected chi connectivity index (χ4v) is 3.75. The first kappa shape index (κ1) is 17.5. The first-order valence-electron chi connectivity index (χ1n) is 7.80. The van der Waals surface area contributed by atoms with Crippen molar-refractivity contribution in [2.24, 2.45) is 5.92 Å². The number of carbonyl (C=O) groups excluding carboxylic acids is 2. The zero-order valence-electron chi connectivity index (χ0n) is 14.2. The topological polar surface area (TPSA) is 90.0 Å². The fourth-order valence-electron chi connectivity index (χ4n) is 2.70. The van der Waals surface area contributed by atoms with Crippen LogP contribution in [0.15, 0.2) is 28.8 Å². The minimum Gasteiger partial charge on any atom is -0.454 e. The molecule has 3 rings (SSSR count). The lowest BCUT2D eigenvalue weighted by Crippen LogP contribution is -2.20. The van der Waals surface area contributed by atoms with Gasteiger partial charge in [0.15, 0.2) is 32.9 Å². The molecule has 1 aromatic rings. The highest BCUT2D eigenvalue weighted by Gasteiger charge is 2.37. The van der Waals surface area contributed by atoms with Gasteiger partial charge in [-0.1, -0.05) is 0 Å². The number of fused-ring (bicyclic) bond motifs is 1. The van der Waals surface area contributed by atoms with E-state index in [1.54, 1.807) is 19.0 Å². The molecule has 1 saturated carbocycles. The standard InChI is InChI=1S/C17H19NO6S/c1-18(2)8-12(14(19)10-4-5-10)15(20)11-6-7-13-16(24-9-23-13)17(11)25(3,21)22/h6-8,10H,4-5,9H2,1-3H3. The zero-order chi connectivity index (χ0) is 18.4. The maximum Gasteiger partial charge on any atom is 0.231 e. The first-order valence-corrected chi connectivity index (χ1v) is 9.69. The predicted molar refractivity (Wildman–Crippen MR) is 89.5 cm³/mol. The number of sulfone groups is 1. The van der Waals surface area contributed by atoms with E-state index in [1.165, 1.54) is 18.3 Å². The Morgan fingerprint density at radius 1 is 1.20 bits per heavy atom. The lowest BCUT2D eigenvalue weighted by atomic mass is 9.97. The number of Topliss-reactive ketones (excluding diaryl/α,β-unsaturated/α-hetero) is 2. The van der Waals surface area contributed by atoms with Crippen molar-refractivity contribution in [3.05, 3.63) is 29.5 Å². The molecule has 134 valence electrons. The quantitative estimate of drug-likeness (QED) is 0.326. The highest BCUT2D eigenvalue weighted by molar-refractivity contribution is 7.91. The van der Waals surface area contributed by atoms with E-state index < -0.39 is 15.6 Å². The molecule has 1 aromatic carbocycles. The number of hydrogen-bond acceptors (Lipinski definition) is 7. The summed E-state index contributed by atoms with van der Waals surface area (Å²) in [5.74, 6) is -0.744. The number of ketones is 2. The van der Waals surface area contributed by atoms with Crippen molar-refractivity contribution >= 4 is 21.4 Å². The summed E-state index contributed by atoms with van der Waals surface area (Å²) in [5, 5.41) is 0. The largest absolute Gasteiger partial charge is 0.454 e. The lowest BCUT2D eigenvalue weighted by Gasteiger charge is -2.13. The van der Waals surface area contributed by atoms with Gasteiger partial charge in [0.2, 0.25) is 6.79 Å². The zero-order valence-corrected chi connectivity index (χ0v) is 15.1. The van der Waals surface area contributed by atoms with E-state index in [9.17, 15) is 18.0 Å². The minimum absolute atomic E-state index is 0.0173. The first-order chi connectivity index (χ1) is 11.7. The van der Waals surface area contributed by atoms with Crippen LogP contribution < -0.4 is 9.47 Å². The van der Waals surface area contributed by atoms with Crippen LogP contribution in [0.3, 0.4) is 0 Å². The number of allylic oxidation sites excluding steroid dienone is 1. The van der Waals surface area contributed by atoms with Crippen LogP contribution in [0.4, 0.5) is 0 Å². The van der Waals surface area contributed by atoms with Crippen LogP contribution in [0.1, 0.15) is 23.2 Å². The van der Waals surface area contributed by atoms with E-state index in [1.807, 2.05) is 0 Å². The van der Waals surface area contributed by atoms with Crippen molar-refractivity contribution in [1.82, 2.24) is 4.90 Å². The second-order valence-electron chi connectivity index (χ2n) is 6.42. The molecule has 1 aliphatic carbocycles. The summed E-state index contributed by atoms with van der Waals surface area (Å²) in [4.78, 5) is 26.9. The summed E-state index contributed by atoms with van der Waals surface area (Å²) in [6, 6.07) is 2.86. The van der Waals surface area contributed by atoms with Crippen molar-refractivity contribution < 1.29 is 27.5 Å². The average Bonchev–Trinajstić information content (AvgIpc) is 3.26. The second kappa shape index (κ2) is 6.18. The van der Waals surface area contributed by atoms with Crippen LogP contribution in [0.25, 0.3) is 0 Å². The van der Waals surface area contributed by atoms with Gasteiger partial charge in [0.05, 0.1) is 5.57 Å². The summed E-state index contributed by atoms with van der Waals surface area (Å²) >= 11 is 0. The number of ether oxygens (including phenoxy) is 2. The van der Waals surface area contributed by atoms with Crippen LogP contribution in [-0.2, 0) is 14.6 Å². The number of benzene rings is 1. The molecule has 0 radical (unpaired) electrons. The molecule has 0 amide bonds. The molecule has 0 spiro atoms. The Bertz CT molecular complexity index is 881. The Hall–Kier alpha value is -2.35. The molecule has 0 unspecified atom stereocenters. The third kappa shape index (κ3) is 3.39. The maximum atomic E-state index is 13.0. The molecule has 0 N–H and O–H groups in total. The van der Waals surface area contributed by atoms with Gasteiger partial charge in [0, 0.05) is 38.0 Å². The predicted octanol–water partition coefficient (Wildman–Crippen LogP) is 1.43. The van der Waals surface area contributed by atoms with Crippen LogP contribution in [-0.4, -0.2) is 52.0 Å². The summed E-state index contributed by atoms with van der Waals surface area (Å²) in [5.41, 5.74) is -0.0925. The molecule has 8 heteroatoms. The van der Waals surface area contributed by atoms with Gasteiger partial charge in [0.1, 0.15) is 4.90 Å². The molecular weight excluding hydrogens is 346 g/mol. The number of rotatable bonds is 6. The van der Waals surface area contributed by atoms with Gasteiger partial charge in [-0.05, 0) is 25.0 Å². The molecule has 7 nitrogen and oxygen atoms in total. The SMILES string of the molecule is CN(C)C=C(C(=O)c1ccc2c(c1S(C)(=O)=O)OCO2)C(=O)C1CC1. The van der Waals surface area contributed by atoms with Crippen molar-refractivity contribution in [3.63, 3.8) is 0 Å². The molecule has 0 atom stereocenters. The average molecular weight is 365 g/mol. The van der Waals surface area contributed by atoms with E-state index in [0.29, 0.717) is 0 Å². The Morgan fingerprint density at radius 2 is 1.88 bits per heavy atom. The van der Waals surface area contributed by atoms with E-state index in [2.05, 4.69) is 0 Å². The number of hydrogen-bond donors (Lipinski definition) is 0. The smallest absolute Gasteiger partial charge is 0.231 e. The molecule has 1 heterocycles. The monoisotopic (exact) mass is 365 g/mol. The van der Waals surface area contributed by atoms with Gasteiger partial charge in [-0.3, -0.25) is 9.59 Å². The van der Waals surface area contributed by atoms with Crippen LogP contribution in [0.5, 0.6) is 11.5 Å². The maximum absolute atomic E-state index is 13.0. The van der Waals surface area contributed by atoms with Crippen molar-refractivity contribution in [2.75, 3.05) is 27.1 Å². The molecule has 0 saturated heterocycles. The number of carbonyl (C=O) groups is 2. The van der Waals surface area contributed by atoms with Gasteiger partial charge in [-0.15, -0.1) is 0 Å². The van der Waals surface area contributed by atoms with E-state index >= 15 is 0 Å². The summed E-state index contributed by atoms with van der Waals surface area (Å²) in [6.07, 6.45) is 3.94.